The molecule has 1 aromatic rings. The van der Waals surface area contributed by atoms with E-state index in [2.05, 4.69) is 4.98 Å². The van der Waals surface area contributed by atoms with E-state index in [0.717, 1.165) is 6.07 Å². The summed E-state index contributed by atoms with van der Waals surface area (Å²) in [7, 11) is 0. The lowest BCUT2D eigenvalue weighted by Gasteiger charge is -2.05. The Morgan fingerprint density at radius 1 is 1.54 bits per heavy atom. The molecule has 0 fully saturated rings. The van der Waals surface area contributed by atoms with Crippen molar-refractivity contribution in [3.63, 3.8) is 0 Å². The molecular formula is C7H6ClF3N2. The Bertz CT molecular complexity index is 317. The smallest absolute Gasteiger partial charge is 0.281 e. The van der Waals surface area contributed by atoms with Crippen molar-refractivity contribution < 1.29 is 13.2 Å². The van der Waals surface area contributed by atoms with Crippen LogP contribution in [0.2, 0.25) is 5.02 Å². The van der Waals surface area contributed by atoms with E-state index < -0.39 is 17.9 Å². The summed E-state index contributed by atoms with van der Waals surface area (Å²) in [6.07, 6.45) is -2.82. The first kappa shape index (κ1) is 10.3. The summed E-state index contributed by atoms with van der Waals surface area (Å²) in [4.78, 5) is 3.31. The van der Waals surface area contributed by atoms with E-state index in [-0.39, 0.29) is 17.3 Å². The minimum absolute atomic E-state index is 0.209. The Hall–Kier alpha value is -0.810. The van der Waals surface area contributed by atoms with E-state index >= 15 is 0 Å². The van der Waals surface area contributed by atoms with Gasteiger partial charge in [0.05, 0.1) is 10.7 Å². The molecule has 6 heteroatoms. The fourth-order valence-corrected chi connectivity index (χ4v) is 1.04. The van der Waals surface area contributed by atoms with Crippen LogP contribution in [0.15, 0.2) is 6.07 Å². The molecule has 0 atom stereocenters. The van der Waals surface area contributed by atoms with Gasteiger partial charge in [0, 0.05) is 6.54 Å². The van der Waals surface area contributed by atoms with Gasteiger partial charge in [0.1, 0.15) is 11.5 Å². The van der Waals surface area contributed by atoms with Gasteiger partial charge in [0.15, 0.2) is 0 Å². The average molecular weight is 211 g/mol. The average Bonchev–Trinajstić information content (AvgIpc) is 2.03. The maximum Gasteiger partial charge on any atom is 0.281 e. The second-order valence-corrected chi connectivity index (χ2v) is 2.70. The first-order chi connectivity index (χ1) is 6.06. The lowest BCUT2D eigenvalue weighted by molar-refractivity contribution is 0.145. The minimum atomic E-state index is -2.82. The van der Waals surface area contributed by atoms with Crippen molar-refractivity contribution >= 4 is 11.6 Å². The molecule has 13 heavy (non-hydrogen) atoms. The summed E-state index contributed by atoms with van der Waals surface area (Å²) in [6, 6.07) is 0.790. The molecule has 1 heterocycles. The molecule has 0 aliphatic carbocycles. The Morgan fingerprint density at radius 2 is 2.15 bits per heavy atom. The molecule has 0 amide bonds. The number of alkyl halides is 2. The van der Waals surface area contributed by atoms with Gasteiger partial charge in [-0.3, -0.25) is 0 Å². The van der Waals surface area contributed by atoms with E-state index in [1.807, 2.05) is 0 Å². The molecule has 0 aliphatic rings. The van der Waals surface area contributed by atoms with Gasteiger partial charge in [-0.15, -0.1) is 0 Å². The summed E-state index contributed by atoms with van der Waals surface area (Å²) in [5, 5.41) is -0.385. The number of aromatic nitrogens is 1. The summed E-state index contributed by atoms with van der Waals surface area (Å²) >= 11 is 5.33. The van der Waals surface area contributed by atoms with Crippen molar-refractivity contribution in [3.8, 4) is 0 Å². The maximum absolute atomic E-state index is 12.8. The molecule has 0 aromatic carbocycles. The van der Waals surface area contributed by atoms with E-state index in [1.54, 1.807) is 0 Å². The van der Waals surface area contributed by atoms with Crippen molar-refractivity contribution in [2.75, 3.05) is 0 Å². The highest BCUT2D eigenvalue weighted by Crippen LogP contribution is 2.26. The van der Waals surface area contributed by atoms with Crippen LogP contribution in [0.25, 0.3) is 0 Å². The van der Waals surface area contributed by atoms with Gasteiger partial charge < -0.3 is 5.73 Å². The van der Waals surface area contributed by atoms with Crippen LogP contribution in [-0.4, -0.2) is 4.98 Å². The molecule has 0 bridgehead atoms. The Labute approximate surface area is 77.5 Å². The van der Waals surface area contributed by atoms with Crippen molar-refractivity contribution in [2.45, 2.75) is 13.0 Å². The number of hydrogen-bond donors (Lipinski definition) is 1. The second kappa shape index (κ2) is 3.93. The van der Waals surface area contributed by atoms with E-state index in [1.165, 1.54) is 0 Å². The molecule has 0 aliphatic heterocycles. The number of rotatable bonds is 2. The standard InChI is InChI=1S/C7H6ClF3N2/c8-3-1-4(9)5(2-12)13-6(3)7(10)11/h1,7H,2,12H2. The van der Waals surface area contributed by atoms with Crippen molar-refractivity contribution in [1.82, 2.24) is 4.98 Å². The van der Waals surface area contributed by atoms with E-state index in [0.29, 0.717) is 0 Å². The van der Waals surface area contributed by atoms with Crippen molar-refractivity contribution in [1.29, 1.82) is 0 Å². The third-order valence-electron chi connectivity index (χ3n) is 1.43. The molecule has 2 nitrogen and oxygen atoms in total. The highest BCUT2D eigenvalue weighted by atomic mass is 35.5. The van der Waals surface area contributed by atoms with Crippen LogP contribution < -0.4 is 5.73 Å². The topological polar surface area (TPSA) is 38.9 Å². The molecular weight excluding hydrogens is 205 g/mol. The zero-order valence-electron chi connectivity index (χ0n) is 6.40. The first-order valence-electron chi connectivity index (χ1n) is 3.39. The maximum atomic E-state index is 12.8. The molecule has 0 spiro atoms. The Kier molecular flexibility index (Phi) is 3.11. The SMILES string of the molecule is NCc1nc(C(F)F)c(Cl)cc1F. The van der Waals surface area contributed by atoms with Crippen molar-refractivity contribution in [3.05, 3.63) is 28.3 Å². The summed E-state index contributed by atoms with van der Waals surface area (Å²) in [5.41, 5.74) is 4.24. The van der Waals surface area contributed by atoms with Crippen LogP contribution in [0.3, 0.4) is 0 Å². The second-order valence-electron chi connectivity index (χ2n) is 2.29. The molecule has 72 valence electrons. The van der Waals surface area contributed by atoms with Gasteiger partial charge >= 0.3 is 0 Å². The van der Waals surface area contributed by atoms with Gasteiger partial charge in [-0.2, -0.15) is 0 Å². The van der Waals surface area contributed by atoms with Crippen LogP contribution in [-0.2, 0) is 6.54 Å². The molecule has 2 N–H and O–H groups in total. The van der Waals surface area contributed by atoms with E-state index in [9.17, 15) is 13.2 Å². The first-order valence-corrected chi connectivity index (χ1v) is 3.77. The molecule has 0 unspecified atom stereocenters. The number of pyridine rings is 1. The number of hydrogen-bond acceptors (Lipinski definition) is 2. The Morgan fingerprint density at radius 3 is 2.62 bits per heavy atom. The number of nitrogens with two attached hydrogens (primary N) is 1. The van der Waals surface area contributed by atoms with Gasteiger partial charge in [-0.25, -0.2) is 18.2 Å². The lowest BCUT2D eigenvalue weighted by atomic mass is 10.3. The van der Waals surface area contributed by atoms with Crippen molar-refractivity contribution in [2.24, 2.45) is 5.73 Å². The minimum Gasteiger partial charge on any atom is -0.325 e. The highest BCUT2D eigenvalue weighted by Gasteiger charge is 2.16. The zero-order chi connectivity index (χ0) is 10.0. The monoisotopic (exact) mass is 210 g/mol. The summed E-state index contributed by atoms with van der Waals surface area (Å²) in [5.74, 6) is -0.767. The molecule has 0 saturated carbocycles. The molecule has 1 rings (SSSR count). The highest BCUT2D eigenvalue weighted by molar-refractivity contribution is 6.31. The van der Waals surface area contributed by atoms with Crippen LogP contribution in [0.4, 0.5) is 13.2 Å². The molecule has 0 radical (unpaired) electrons. The van der Waals surface area contributed by atoms with Crippen LogP contribution >= 0.6 is 11.6 Å². The fraction of sp³-hybridized carbons (Fsp3) is 0.286. The zero-order valence-corrected chi connectivity index (χ0v) is 7.15. The largest absolute Gasteiger partial charge is 0.325 e. The van der Waals surface area contributed by atoms with Gasteiger partial charge in [-0.05, 0) is 6.07 Å². The predicted octanol–water partition coefficient (Wildman–Crippen LogP) is 2.27. The fourth-order valence-electron chi connectivity index (χ4n) is 0.817. The lowest BCUT2D eigenvalue weighted by Crippen LogP contribution is -2.06. The van der Waals surface area contributed by atoms with Crippen LogP contribution in [0, 0.1) is 5.82 Å². The van der Waals surface area contributed by atoms with Crippen LogP contribution in [0.1, 0.15) is 17.8 Å². The summed E-state index contributed by atoms with van der Waals surface area (Å²) in [6.45, 7) is -0.233. The number of nitrogens with zero attached hydrogens (tertiary/aromatic N) is 1. The normalized spacial score (nSPS) is 10.9. The van der Waals surface area contributed by atoms with E-state index in [4.69, 9.17) is 17.3 Å². The predicted molar refractivity (Wildman–Crippen MR) is 42.1 cm³/mol. The quantitative estimate of drug-likeness (QED) is 0.813. The van der Waals surface area contributed by atoms with Gasteiger partial charge in [-0.1, -0.05) is 11.6 Å². The summed E-state index contributed by atoms with van der Waals surface area (Å²) < 4.78 is 37.2. The van der Waals surface area contributed by atoms with Crippen LogP contribution in [0.5, 0.6) is 0 Å². The van der Waals surface area contributed by atoms with Gasteiger partial charge in [0.2, 0.25) is 0 Å². The molecule has 1 aromatic heterocycles. The van der Waals surface area contributed by atoms with Gasteiger partial charge in [0.25, 0.3) is 6.43 Å². The molecule has 0 saturated heterocycles. The Balaban J connectivity index is 3.22. The number of halogens is 4. The third kappa shape index (κ3) is 2.10. The third-order valence-corrected chi connectivity index (χ3v) is 1.73.